The van der Waals surface area contributed by atoms with Crippen molar-refractivity contribution in [2.24, 2.45) is 5.92 Å². The molecule has 2 aromatic rings. The molecule has 0 saturated carbocycles. The lowest BCUT2D eigenvalue weighted by atomic mass is 10.1. The topological polar surface area (TPSA) is 102 Å². The number of aryl methyl sites for hydroxylation is 1. The molecule has 0 spiro atoms. The molecule has 0 radical (unpaired) electrons. The zero-order chi connectivity index (χ0) is 22.7. The summed E-state index contributed by atoms with van der Waals surface area (Å²) >= 11 is 0. The Balaban J connectivity index is 1.84. The van der Waals surface area contributed by atoms with Crippen LogP contribution in [0.25, 0.3) is 0 Å². The van der Waals surface area contributed by atoms with Gasteiger partial charge in [-0.25, -0.2) is 9.59 Å². The highest BCUT2D eigenvalue weighted by Gasteiger charge is 2.36. The van der Waals surface area contributed by atoms with Crippen molar-refractivity contribution in [3.8, 4) is 0 Å². The van der Waals surface area contributed by atoms with Gasteiger partial charge in [-0.05, 0) is 49.2 Å². The van der Waals surface area contributed by atoms with Crippen LogP contribution in [-0.2, 0) is 19.1 Å². The van der Waals surface area contributed by atoms with Gasteiger partial charge in [0.1, 0.15) is 0 Å². The first kappa shape index (κ1) is 22.0. The van der Waals surface area contributed by atoms with Gasteiger partial charge in [-0.2, -0.15) is 0 Å². The molecule has 1 unspecified atom stereocenters. The van der Waals surface area contributed by atoms with E-state index in [1.54, 1.807) is 4.90 Å². The van der Waals surface area contributed by atoms with Crippen LogP contribution in [0.4, 0.5) is 11.4 Å². The number of benzene rings is 2. The van der Waals surface area contributed by atoms with E-state index in [0.29, 0.717) is 0 Å². The molecule has 1 atom stereocenters. The maximum absolute atomic E-state index is 12.9. The van der Waals surface area contributed by atoms with E-state index >= 15 is 0 Å². The molecular formula is C23H24N2O6. The number of anilines is 2. The molecule has 8 nitrogen and oxygen atoms in total. The number of carbonyl (C=O) groups is 4. The summed E-state index contributed by atoms with van der Waals surface area (Å²) in [5.74, 6) is -2.45. The Morgan fingerprint density at radius 3 is 2.42 bits per heavy atom. The van der Waals surface area contributed by atoms with E-state index in [2.05, 4.69) is 5.32 Å². The van der Waals surface area contributed by atoms with Gasteiger partial charge in [0, 0.05) is 18.7 Å². The molecule has 0 bridgehead atoms. The van der Waals surface area contributed by atoms with Crippen molar-refractivity contribution in [3.05, 3.63) is 58.7 Å². The van der Waals surface area contributed by atoms with Gasteiger partial charge in [-0.1, -0.05) is 12.1 Å². The summed E-state index contributed by atoms with van der Waals surface area (Å²) in [4.78, 5) is 51.1. The molecule has 3 rings (SSSR count). The van der Waals surface area contributed by atoms with E-state index in [1.165, 1.54) is 32.4 Å². The Morgan fingerprint density at radius 2 is 1.74 bits per heavy atom. The quantitative estimate of drug-likeness (QED) is 0.741. The first-order valence-electron chi connectivity index (χ1n) is 9.75. The summed E-state index contributed by atoms with van der Waals surface area (Å²) in [6.07, 6.45) is 0.0451. The molecule has 1 saturated heterocycles. The lowest BCUT2D eigenvalue weighted by molar-refractivity contribution is -0.122. The molecule has 1 aliphatic heterocycles. The Kier molecular flexibility index (Phi) is 6.39. The van der Waals surface area contributed by atoms with Crippen molar-refractivity contribution in [1.29, 1.82) is 0 Å². The van der Waals surface area contributed by atoms with Crippen molar-refractivity contribution in [3.63, 3.8) is 0 Å². The highest BCUT2D eigenvalue weighted by atomic mass is 16.5. The number of ether oxygens (including phenoxy) is 2. The van der Waals surface area contributed by atoms with Crippen LogP contribution in [0.15, 0.2) is 36.4 Å². The van der Waals surface area contributed by atoms with Crippen LogP contribution in [0.1, 0.15) is 38.3 Å². The number of methoxy groups -OCH3 is 2. The molecular weight excluding hydrogens is 400 g/mol. The number of rotatable bonds is 5. The Hall–Kier alpha value is -3.68. The van der Waals surface area contributed by atoms with Gasteiger partial charge in [-0.15, -0.1) is 0 Å². The second kappa shape index (κ2) is 8.99. The number of amides is 2. The first-order chi connectivity index (χ1) is 14.8. The number of esters is 2. The van der Waals surface area contributed by atoms with Crippen molar-refractivity contribution in [2.45, 2.75) is 20.3 Å². The molecule has 8 heteroatoms. The third kappa shape index (κ3) is 4.42. The molecule has 1 heterocycles. The second-order valence-electron chi connectivity index (χ2n) is 7.36. The zero-order valence-electron chi connectivity index (χ0n) is 17.9. The van der Waals surface area contributed by atoms with Crippen LogP contribution >= 0.6 is 0 Å². The van der Waals surface area contributed by atoms with E-state index < -0.39 is 23.8 Å². The van der Waals surface area contributed by atoms with E-state index in [0.717, 1.165) is 16.8 Å². The Bertz CT molecular complexity index is 1060. The van der Waals surface area contributed by atoms with E-state index in [1.807, 2.05) is 32.0 Å². The molecule has 162 valence electrons. The van der Waals surface area contributed by atoms with Crippen LogP contribution in [0.3, 0.4) is 0 Å². The average molecular weight is 424 g/mol. The molecule has 1 fully saturated rings. The SMILES string of the molecule is COC(=O)c1ccc(C(=O)OC)c(NC(=O)C2CC(=O)N(c3cccc(C)c3C)C2)c1. The van der Waals surface area contributed by atoms with E-state index in [4.69, 9.17) is 9.47 Å². The monoisotopic (exact) mass is 424 g/mol. The highest BCUT2D eigenvalue weighted by Crippen LogP contribution is 2.30. The standard InChI is InChI=1S/C23H24N2O6/c1-13-6-5-7-19(14(13)2)25-12-16(11-20(25)26)21(27)24-18-10-15(22(28)30-3)8-9-17(18)23(29)31-4/h5-10,16H,11-12H2,1-4H3,(H,24,27). The number of nitrogens with one attached hydrogen (secondary N) is 1. The molecule has 2 aromatic carbocycles. The predicted molar refractivity (Wildman–Crippen MR) is 114 cm³/mol. The molecule has 0 aliphatic carbocycles. The third-order valence-corrected chi connectivity index (χ3v) is 5.47. The number of hydrogen-bond donors (Lipinski definition) is 1. The van der Waals surface area contributed by atoms with Gasteiger partial charge in [0.2, 0.25) is 11.8 Å². The largest absolute Gasteiger partial charge is 0.465 e. The fraction of sp³-hybridized carbons (Fsp3) is 0.304. The zero-order valence-corrected chi connectivity index (χ0v) is 17.9. The minimum atomic E-state index is -0.661. The smallest absolute Gasteiger partial charge is 0.339 e. The maximum Gasteiger partial charge on any atom is 0.339 e. The van der Waals surface area contributed by atoms with Crippen LogP contribution < -0.4 is 10.2 Å². The summed E-state index contributed by atoms with van der Waals surface area (Å²) < 4.78 is 9.46. The van der Waals surface area contributed by atoms with Gasteiger partial charge in [-0.3, -0.25) is 9.59 Å². The minimum absolute atomic E-state index is 0.0451. The lowest BCUT2D eigenvalue weighted by Crippen LogP contribution is -2.29. The Morgan fingerprint density at radius 1 is 1.03 bits per heavy atom. The highest BCUT2D eigenvalue weighted by molar-refractivity contribution is 6.07. The fourth-order valence-electron chi connectivity index (χ4n) is 3.56. The van der Waals surface area contributed by atoms with Crippen LogP contribution in [-0.4, -0.2) is 44.5 Å². The average Bonchev–Trinajstić information content (AvgIpc) is 3.16. The number of hydrogen-bond acceptors (Lipinski definition) is 6. The van der Waals surface area contributed by atoms with Crippen molar-refractivity contribution < 1.29 is 28.7 Å². The van der Waals surface area contributed by atoms with Gasteiger partial charge < -0.3 is 19.7 Å². The van der Waals surface area contributed by atoms with Gasteiger partial charge >= 0.3 is 11.9 Å². The van der Waals surface area contributed by atoms with Gasteiger partial charge in [0.05, 0.1) is 37.0 Å². The Labute approximate surface area is 180 Å². The first-order valence-corrected chi connectivity index (χ1v) is 9.75. The fourth-order valence-corrected chi connectivity index (χ4v) is 3.56. The van der Waals surface area contributed by atoms with E-state index in [-0.39, 0.29) is 35.7 Å². The maximum atomic E-state index is 12.9. The lowest BCUT2D eigenvalue weighted by Gasteiger charge is -2.20. The summed E-state index contributed by atoms with van der Waals surface area (Å²) in [6, 6.07) is 9.85. The molecule has 2 amide bonds. The van der Waals surface area contributed by atoms with Gasteiger partial charge in [0.25, 0.3) is 0 Å². The van der Waals surface area contributed by atoms with Crippen molar-refractivity contribution in [2.75, 3.05) is 31.0 Å². The minimum Gasteiger partial charge on any atom is -0.465 e. The van der Waals surface area contributed by atoms with Crippen LogP contribution in [0, 0.1) is 19.8 Å². The summed E-state index contributed by atoms with van der Waals surface area (Å²) in [5, 5.41) is 2.68. The number of nitrogens with zero attached hydrogens (tertiary/aromatic N) is 1. The molecule has 31 heavy (non-hydrogen) atoms. The van der Waals surface area contributed by atoms with Crippen molar-refractivity contribution >= 4 is 35.1 Å². The summed E-state index contributed by atoms with van der Waals surface area (Å²) in [5.41, 5.74) is 3.21. The normalized spacial score (nSPS) is 15.5. The second-order valence-corrected chi connectivity index (χ2v) is 7.36. The summed E-state index contributed by atoms with van der Waals surface area (Å²) in [6.45, 7) is 4.12. The molecule has 1 N–H and O–H groups in total. The molecule has 0 aromatic heterocycles. The van der Waals surface area contributed by atoms with Crippen LogP contribution in [0.2, 0.25) is 0 Å². The predicted octanol–water partition coefficient (Wildman–Crippen LogP) is 2.87. The number of carbonyl (C=O) groups excluding carboxylic acids is 4. The molecule has 1 aliphatic rings. The summed E-state index contributed by atoms with van der Waals surface area (Å²) in [7, 11) is 2.46. The van der Waals surface area contributed by atoms with Crippen LogP contribution in [0.5, 0.6) is 0 Å². The van der Waals surface area contributed by atoms with Gasteiger partial charge in [0.15, 0.2) is 0 Å². The van der Waals surface area contributed by atoms with E-state index in [9.17, 15) is 19.2 Å². The third-order valence-electron chi connectivity index (χ3n) is 5.47. The van der Waals surface area contributed by atoms with Crippen molar-refractivity contribution in [1.82, 2.24) is 0 Å².